The van der Waals surface area contributed by atoms with Gasteiger partial charge < -0.3 is 0 Å². The van der Waals surface area contributed by atoms with E-state index < -0.39 is 5.69 Å². The Kier molecular flexibility index (Phi) is 1.99. The van der Waals surface area contributed by atoms with Crippen LogP contribution in [0.2, 0.25) is 0 Å². The van der Waals surface area contributed by atoms with Crippen molar-refractivity contribution in [3.8, 4) is 11.3 Å². The normalized spacial score (nSPS) is 9.50. The zero-order valence-electron chi connectivity index (χ0n) is 7.53. The van der Waals surface area contributed by atoms with Crippen LogP contribution in [-0.4, -0.2) is 15.0 Å². The van der Waals surface area contributed by atoms with E-state index in [1.54, 1.807) is 12.3 Å². The van der Waals surface area contributed by atoms with E-state index in [1.807, 2.05) is 13.0 Å². The number of hydrogen-bond acceptors (Lipinski definition) is 3. The van der Waals surface area contributed by atoms with Crippen molar-refractivity contribution in [3.05, 3.63) is 46.8 Å². The van der Waals surface area contributed by atoms with E-state index in [9.17, 15) is 4.79 Å². The van der Waals surface area contributed by atoms with Crippen molar-refractivity contribution in [2.75, 3.05) is 0 Å². The summed E-state index contributed by atoms with van der Waals surface area (Å²) in [7, 11) is 0. The molecule has 2 heterocycles. The summed E-state index contributed by atoms with van der Waals surface area (Å²) in [5, 5.41) is 0. The molecule has 0 aliphatic rings. The number of pyridine rings is 1. The van der Waals surface area contributed by atoms with E-state index in [0.717, 1.165) is 11.3 Å². The third-order valence-electron chi connectivity index (χ3n) is 1.73. The van der Waals surface area contributed by atoms with Crippen LogP contribution in [0, 0.1) is 19.2 Å². The molecule has 0 spiro atoms. The molecule has 0 aromatic carbocycles. The predicted octanol–water partition coefficient (Wildman–Crippen LogP) is 0.741. The SMILES string of the molecule is Cc1cc(-c2c#c[nH]c(=O)n2)ccn1. The molecule has 0 radical (unpaired) electrons. The molecule has 0 bridgehead atoms. The molecule has 0 unspecified atom stereocenters. The Labute approximate surface area is 80.7 Å². The van der Waals surface area contributed by atoms with Gasteiger partial charge in [-0.2, -0.15) is 4.98 Å². The van der Waals surface area contributed by atoms with Gasteiger partial charge in [-0.25, -0.2) is 4.79 Å². The molecule has 1 N–H and O–H groups in total. The van der Waals surface area contributed by atoms with E-state index in [0.29, 0.717) is 5.69 Å². The Bertz CT molecular complexity index is 504. The lowest BCUT2D eigenvalue weighted by atomic mass is 10.2. The molecule has 14 heavy (non-hydrogen) atoms. The van der Waals surface area contributed by atoms with Gasteiger partial charge in [0, 0.05) is 23.7 Å². The Morgan fingerprint density at radius 1 is 1.50 bits per heavy atom. The van der Waals surface area contributed by atoms with E-state index in [2.05, 4.69) is 27.2 Å². The minimum Gasteiger partial charge on any atom is -0.264 e. The monoisotopic (exact) mass is 185 g/mol. The Balaban J connectivity index is 2.55. The zero-order chi connectivity index (χ0) is 9.97. The first-order chi connectivity index (χ1) is 6.75. The average molecular weight is 185 g/mol. The molecule has 0 amide bonds. The molecule has 0 atom stereocenters. The highest BCUT2D eigenvalue weighted by atomic mass is 16.1. The first-order valence-electron chi connectivity index (χ1n) is 4.08. The Morgan fingerprint density at radius 2 is 2.36 bits per heavy atom. The standard InChI is InChI=1S/C10H7N3O/c1-7-6-8(2-4-11-7)9-3-5-12-10(14)13-9/h2,4,6H,1H3,(H,12,13,14). The van der Waals surface area contributed by atoms with Gasteiger partial charge in [-0.05, 0) is 25.1 Å². The number of rotatable bonds is 1. The Morgan fingerprint density at radius 3 is 3.07 bits per heavy atom. The number of nitrogens with one attached hydrogen (secondary N) is 1. The lowest BCUT2D eigenvalue weighted by Crippen LogP contribution is -2.08. The number of hydrogen-bond donors (Lipinski definition) is 1. The number of aromatic nitrogens is 3. The molecule has 2 aromatic rings. The average Bonchev–Trinajstić information content (AvgIpc) is 2.18. The first kappa shape index (κ1) is 8.45. The summed E-state index contributed by atoms with van der Waals surface area (Å²) < 4.78 is 0. The van der Waals surface area contributed by atoms with Gasteiger partial charge >= 0.3 is 5.69 Å². The highest BCUT2D eigenvalue weighted by Gasteiger charge is 1.99. The maximum absolute atomic E-state index is 10.9. The van der Waals surface area contributed by atoms with Crippen LogP contribution in [0.25, 0.3) is 11.3 Å². The lowest BCUT2D eigenvalue weighted by Gasteiger charge is -1.96. The van der Waals surface area contributed by atoms with Gasteiger partial charge in [-0.3, -0.25) is 9.97 Å². The molecule has 0 fully saturated rings. The molecule has 0 aliphatic heterocycles. The largest absolute Gasteiger partial charge is 0.353 e. The summed E-state index contributed by atoms with van der Waals surface area (Å²) in [5.41, 5.74) is 1.75. The van der Waals surface area contributed by atoms with Crippen LogP contribution in [0.5, 0.6) is 0 Å². The van der Waals surface area contributed by atoms with E-state index >= 15 is 0 Å². The predicted molar refractivity (Wildman–Crippen MR) is 50.5 cm³/mol. The molecule has 4 nitrogen and oxygen atoms in total. The number of aryl methyl sites for hydroxylation is 1. The maximum atomic E-state index is 10.9. The number of aromatic amines is 1. The van der Waals surface area contributed by atoms with Crippen LogP contribution in [0.4, 0.5) is 0 Å². The van der Waals surface area contributed by atoms with Crippen molar-refractivity contribution in [1.82, 2.24) is 15.0 Å². The smallest absolute Gasteiger partial charge is 0.264 e. The topological polar surface area (TPSA) is 58.6 Å². The third kappa shape index (κ3) is 1.62. The van der Waals surface area contributed by atoms with Gasteiger partial charge in [0.25, 0.3) is 0 Å². The minimum atomic E-state index is -0.423. The summed E-state index contributed by atoms with van der Waals surface area (Å²) in [4.78, 5) is 21.0. The fourth-order valence-corrected chi connectivity index (χ4v) is 1.13. The van der Waals surface area contributed by atoms with Crippen LogP contribution < -0.4 is 5.69 Å². The maximum Gasteiger partial charge on any atom is 0.353 e. The molecule has 4 heteroatoms. The summed E-state index contributed by atoms with van der Waals surface area (Å²) in [6, 6.07) is 6.35. The van der Waals surface area contributed by atoms with Gasteiger partial charge in [0.15, 0.2) is 0 Å². The van der Waals surface area contributed by atoms with Gasteiger partial charge in [-0.15, -0.1) is 0 Å². The summed E-state index contributed by atoms with van der Waals surface area (Å²) >= 11 is 0. The van der Waals surface area contributed by atoms with E-state index in [4.69, 9.17) is 0 Å². The van der Waals surface area contributed by atoms with Gasteiger partial charge in [-0.1, -0.05) is 0 Å². The molecule has 0 saturated carbocycles. The second-order valence-corrected chi connectivity index (χ2v) is 2.83. The quantitative estimate of drug-likeness (QED) is 0.712. The fraction of sp³-hybridized carbons (Fsp3) is 0.100. The molecular weight excluding hydrogens is 178 g/mol. The molecular formula is C10H7N3O. The molecule has 68 valence electrons. The summed E-state index contributed by atoms with van der Waals surface area (Å²) in [6.45, 7) is 1.88. The number of nitrogens with zero attached hydrogens (tertiary/aromatic N) is 2. The molecule has 0 aliphatic carbocycles. The van der Waals surface area contributed by atoms with Crippen LogP contribution in [0.3, 0.4) is 0 Å². The highest BCUT2D eigenvalue weighted by Crippen LogP contribution is 2.12. The summed E-state index contributed by atoms with van der Waals surface area (Å²) in [6.07, 6.45) is 4.17. The third-order valence-corrected chi connectivity index (χ3v) is 1.73. The van der Waals surface area contributed by atoms with Crippen LogP contribution >= 0.6 is 0 Å². The lowest BCUT2D eigenvalue weighted by molar-refractivity contribution is 1.09. The molecule has 2 rings (SSSR count). The zero-order valence-corrected chi connectivity index (χ0v) is 7.53. The van der Waals surface area contributed by atoms with Crippen molar-refractivity contribution in [2.24, 2.45) is 0 Å². The van der Waals surface area contributed by atoms with Crippen molar-refractivity contribution >= 4 is 0 Å². The second-order valence-electron chi connectivity index (χ2n) is 2.83. The Hall–Kier alpha value is -2.15. The van der Waals surface area contributed by atoms with Gasteiger partial charge in [0.05, 0.1) is 0 Å². The van der Waals surface area contributed by atoms with Crippen molar-refractivity contribution in [3.63, 3.8) is 0 Å². The summed E-state index contributed by atoms with van der Waals surface area (Å²) in [5.74, 6) is 0. The number of H-pyrrole nitrogens is 1. The van der Waals surface area contributed by atoms with Gasteiger partial charge in [0.1, 0.15) is 5.69 Å². The minimum absolute atomic E-state index is 0.423. The second kappa shape index (κ2) is 3.30. The van der Waals surface area contributed by atoms with E-state index in [1.165, 1.54) is 0 Å². The van der Waals surface area contributed by atoms with Crippen LogP contribution in [0.1, 0.15) is 5.69 Å². The van der Waals surface area contributed by atoms with Crippen molar-refractivity contribution in [1.29, 1.82) is 0 Å². The fourth-order valence-electron chi connectivity index (χ4n) is 1.13. The van der Waals surface area contributed by atoms with Crippen molar-refractivity contribution < 1.29 is 0 Å². The van der Waals surface area contributed by atoms with Gasteiger partial charge in [0.2, 0.25) is 0 Å². The molecule has 0 saturated heterocycles. The van der Waals surface area contributed by atoms with Crippen LogP contribution in [-0.2, 0) is 0 Å². The van der Waals surface area contributed by atoms with E-state index in [-0.39, 0.29) is 0 Å². The first-order valence-corrected chi connectivity index (χ1v) is 4.08. The van der Waals surface area contributed by atoms with Crippen molar-refractivity contribution in [2.45, 2.75) is 6.92 Å². The highest BCUT2D eigenvalue weighted by molar-refractivity contribution is 5.56. The van der Waals surface area contributed by atoms with Crippen LogP contribution in [0.15, 0.2) is 23.1 Å². The molecule has 2 aromatic heterocycles.